The first-order chi connectivity index (χ1) is 16.0. The van der Waals surface area contributed by atoms with E-state index >= 15 is 0 Å². The van der Waals surface area contributed by atoms with E-state index in [2.05, 4.69) is 4.98 Å². The van der Waals surface area contributed by atoms with Crippen molar-refractivity contribution in [2.75, 3.05) is 4.90 Å². The number of carboxylic acid groups (broad SMARTS) is 1. The second-order valence-electron chi connectivity index (χ2n) is 7.86. The minimum Gasteiger partial charge on any atom is -0.478 e. The Morgan fingerprint density at radius 2 is 1.58 bits per heavy atom. The minimum atomic E-state index is -1.16. The highest BCUT2D eigenvalue weighted by atomic mass is 16.4. The van der Waals surface area contributed by atoms with E-state index < -0.39 is 17.8 Å². The van der Waals surface area contributed by atoms with Gasteiger partial charge in [-0.2, -0.15) is 0 Å². The third kappa shape index (κ3) is 2.90. The number of aromatic carboxylic acids is 1. The number of carbonyl (C=O) groups is 3. The number of benzene rings is 4. The highest BCUT2D eigenvalue weighted by Crippen LogP contribution is 2.32. The molecular weight excluding hydrogens is 418 g/mol. The van der Waals surface area contributed by atoms with Gasteiger partial charge < -0.3 is 10.1 Å². The van der Waals surface area contributed by atoms with Crippen molar-refractivity contribution in [3.05, 3.63) is 95.6 Å². The Labute approximate surface area is 186 Å². The lowest BCUT2D eigenvalue weighted by atomic mass is 10.1. The number of imide groups is 1. The molecule has 7 heteroatoms. The number of nitrogens with zero attached hydrogens (tertiary/aromatic N) is 2. The standard InChI is InChI=1S/C26H15N3O4/c30-24-19-9-8-17(26(32)33)11-20(19)25(31)29(24)18-7-3-6-16(10-18)23-27-21-12-14-4-1-2-5-15(14)13-22(21)28-23/h1-13H,(H,27,28)(H,32,33). The summed E-state index contributed by atoms with van der Waals surface area (Å²) in [5.74, 6) is -1.57. The highest BCUT2D eigenvalue weighted by molar-refractivity contribution is 6.34. The molecule has 0 unspecified atom stereocenters. The first kappa shape index (κ1) is 18.9. The smallest absolute Gasteiger partial charge is 0.335 e. The summed E-state index contributed by atoms with van der Waals surface area (Å²) in [5, 5.41) is 11.4. The zero-order valence-electron chi connectivity index (χ0n) is 17.1. The van der Waals surface area contributed by atoms with E-state index in [1.54, 1.807) is 18.2 Å². The minimum absolute atomic E-state index is 0.0415. The topological polar surface area (TPSA) is 103 Å². The Morgan fingerprint density at radius 3 is 2.36 bits per heavy atom. The van der Waals surface area contributed by atoms with E-state index in [-0.39, 0.29) is 16.7 Å². The van der Waals surface area contributed by atoms with Crippen LogP contribution in [0, 0.1) is 0 Å². The molecule has 0 spiro atoms. The van der Waals surface area contributed by atoms with Crippen molar-refractivity contribution < 1.29 is 19.5 Å². The van der Waals surface area contributed by atoms with Crippen molar-refractivity contribution in [2.45, 2.75) is 0 Å². The number of hydrogen-bond acceptors (Lipinski definition) is 4. The summed E-state index contributed by atoms with van der Waals surface area (Å²) in [7, 11) is 0. The van der Waals surface area contributed by atoms with Crippen LogP contribution in [0.25, 0.3) is 33.2 Å². The maximum Gasteiger partial charge on any atom is 0.335 e. The van der Waals surface area contributed by atoms with E-state index in [1.807, 2.05) is 42.5 Å². The fourth-order valence-corrected chi connectivity index (χ4v) is 4.23. The molecule has 0 radical (unpaired) electrons. The maximum atomic E-state index is 13.0. The summed E-state index contributed by atoms with van der Waals surface area (Å²) >= 11 is 0. The lowest BCUT2D eigenvalue weighted by molar-refractivity contribution is 0.0696. The van der Waals surface area contributed by atoms with Gasteiger partial charge in [-0.15, -0.1) is 0 Å². The van der Waals surface area contributed by atoms with E-state index in [4.69, 9.17) is 4.98 Å². The molecule has 2 amide bonds. The molecule has 0 bridgehead atoms. The van der Waals surface area contributed by atoms with Crippen molar-refractivity contribution in [1.29, 1.82) is 0 Å². The molecule has 33 heavy (non-hydrogen) atoms. The van der Waals surface area contributed by atoms with Crippen LogP contribution < -0.4 is 4.90 Å². The van der Waals surface area contributed by atoms with Crippen molar-refractivity contribution in [3.8, 4) is 11.4 Å². The van der Waals surface area contributed by atoms with Crippen LogP contribution in [0.3, 0.4) is 0 Å². The Hall–Kier alpha value is -4.78. The molecule has 0 aliphatic carbocycles. The first-order valence-electron chi connectivity index (χ1n) is 10.2. The van der Waals surface area contributed by atoms with E-state index in [9.17, 15) is 19.5 Å². The van der Waals surface area contributed by atoms with Gasteiger partial charge >= 0.3 is 5.97 Å². The molecule has 0 saturated heterocycles. The number of nitrogens with one attached hydrogen (secondary N) is 1. The highest BCUT2D eigenvalue weighted by Gasteiger charge is 2.37. The van der Waals surface area contributed by atoms with Crippen LogP contribution in [0.1, 0.15) is 31.1 Å². The first-order valence-corrected chi connectivity index (χ1v) is 10.2. The van der Waals surface area contributed by atoms with Gasteiger partial charge in [0, 0.05) is 5.56 Å². The van der Waals surface area contributed by atoms with Gasteiger partial charge in [-0.05, 0) is 53.2 Å². The lowest BCUT2D eigenvalue weighted by Crippen LogP contribution is -2.29. The summed E-state index contributed by atoms with van der Waals surface area (Å²) < 4.78 is 0. The number of aromatic nitrogens is 2. The van der Waals surface area contributed by atoms with Crippen LogP contribution in [0.2, 0.25) is 0 Å². The van der Waals surface area contributed by atoms with Crippen LogP contribution in [-0.4, -0.2) is 32.9 Å². The molecule has 2 N–H and O–H groups in total. The predicted molar refractivity (Wildman–Crippen MR) is 124 cm³/mol. The Bertz CT molecular complexity index is 1600. The fraction of sp³-hybridized carbons (Fsp3) is 0. The number of hydrogen-bond donors (Lipinski definition) is 2. The average Bonchev–Trinajstić information content (AvgIpc) is 3.35. The van der Waals surface area contributed by atoms with Gasteiger partial charge in [0.25, 0.3) is 11.8 Å². The Balaban J connectivity index is 1.41. The van der Waals surface area contributed by atoms with Gasteiger partial charge in [0.2, 0.25) is 0 Å². The summed E-state index contributed by atoms with van der Waals surface area (Å²) in [6.07, 6.45) is 0. The molecule has 1 aliphatic rings. The molecule has 4 aromatic carbocycles. The molecule has 6 rings (SSSR count). The summed E-state index contributed by atoms with van der Waals surface area (Å²) in [6, 6.07) is 23.0. The second-order valence-corrected chi connectivity index (χ2v) is 7.86. The van der Waals surface area contributed by atoms with Crippen molar-refractivity contribution in [2.24, 2.45) is 0 Å². The van der Waals surface area contributed by atoms with Crippen LogP contribution in [0.15, 0.2) is 78.9 Å². The van der Waals surface area contributed by atoms with Crippen LogP contribution in [-0.2, 0) is 0 Å². The summed E-state index contributed by atoms with van der Waals surface area (Å²) in [6.45, 7) is 0. The SMILES string of the molecule is O=C(O)c1ccc2c(c1)C(=O)N(c1cccc(-c3nc4cc5ccccc5cc4[nH]3)c1)C2=O. The van der Waals surface area contributed by atoms with Crippen molar-refractivity contribution in [3.63, 3.8) is 0 Å². The van der Waals surface area contributed by atoms with Crippen LogP contribution in [0.5, 0.6) is 0 Å². The Kier molecular flexibility index (Phi) is 3.94. The van der Waals surface area contributed by atoms with Gasteiger partial charge in [-0.3, -0.25) is 9.59 Å². The molecule has 5 aromatic rings. The number of aromatic amines is 1. The largest absolute Gasteiger partial charge is 0.478 e. The third-order valence-corrected chi connectivity index (χ3v) is 5.86. The molecule has 1 aliphatic heterocycles. The zero-order chi connectivity index (χ0) is 22.7. The van der Waals surface area contributed by atoms with E-state index in [0.717, 1.165) is 32.3 Å². The third-order valence-electron chi connectivity index (χ3n) is 5.86. The number of anilines is 1. The number of carboxylic acids is 1. The summed E-state index contributed by atoms with van der Waals surface area (Å²) in [4.78, 5) is 46.3. The van der Waals surface area contributed by atoms with E-state index in [1.165, 1.54) is 18.2 Å². The van der Waals surface area contributed by atoms with Gasteiger partial charge in [-0.1, -0.05) is 36.4 Å². The lowest BCUT2D eigenvalue weighted by Gasteiger charge is -2.14. The summed E-state index contributed by atoms with van der Waals surface area (Å²) in [5.41, 5.74) is 3.04. The number of rotatable bonds is 3. The molecule has 0 saturated carbocycles. The van der Waals surface area contributed by atoms with Gasteiger partial charge in [0.05, 0.1) is 33.4 Å². The molecule has 1 aromatic heterocycles. The number of amides is 2. The Morgan fingerprint density at radius 1 is 0.818 bits per heavy atom. The maximum absolute atomic E-state index is 13.0. The molecular formula is C26H15N3O4. The van der Waals surface area contributed by atoms with Gasteiger partial charge in [0.1, 0.15) is 5.82 Å². The number of fused-ring (bicyclic) bond motifs is 3. The predicted octanol–water partition coefficient (Wildman–Crippen LogP) is 4.88. The molecule has 0 atom stereocenters. The quantitative estimate of drug-likeness (QED) is 0.395. The number of carbonyl (C=O) groups excluding carboxylic acids is 2. The second kappa shape index (κ2) is 6.86. The normalized spacial score (nSPS) is 13.2. The van der Waals surface area contributed by atoms with Gasteiger partial charge in [0.15, 0.2) is 0 Å². The molecule has 0 fully saturated rings. The molecule has 7 nitrogen and oxygen atoms in total. The molecule has 158 valence electrons. The zero-order valence-corrected chi connectivity index (χ0v) is 17.1. The number of imidazole rings is 1. The van der Waals surface area contributed by atoms with Crippen molar-refractivity contribution >= 4 is 45.3 Å². The fourth-order valence-electron chi connectivity index (χ4n) is 4.23. The van der Waals surface area contributed by atoms with Crippen LogP contribution in [0.4, 0.5) is 5.69 Å². The van der Waals surface area contributed by atoms with Crippen molar-refractivity contribution in [1.82, 2.24) is 9.97 Å². The molecule has 2 heterocycles. The van der Waals surface area contributed by atoms with Gasteiger partial charge in [-0.25, -0.2) is 14.7 Å². The number of H-pyrrole nitrogens is 1. The van der Waals surface area contributed by atoms with E-state index in [0.29, 0.717) is 11.5 Å². The van der Waals surface area contributed by atoms with Crippen LogP contribution >= 0.6 is 0 Å². The average molecular weight is 433 g/mol. The monoisotopic (exact) mass is 433 g/mol.